The molecule has 30 heavy (non-hydrogen) atoms. The molecular weight excluding hydrogens is 402 g/mol. The molecule has 1 heterocycles. The van der Waals surface area contributed by atoms with Crippen LogP contribution in [0.5, 0.6) is 0 Å². The molecule has 4 aliphatic carbocycles. The van der Waals surface area contributed by atoms with Gasteiger partial charge in [0, 0.05) is 13.1 Å². The van der Waals surface area contributed by atoms with Crippen LogP contribution in [0, 0.1) is 23.2 Å². The van der Waals surface area contributed by atoms with Gasteiger partial charge in [-0.1, -0.05) is 13.3 Å². The molecular formula is C22H33N3O4S. The molecule has 1 saturated heterocycles. The molecule has 2 N–H and O–H groups in total. The lowest BCUT2D eigenvalue weighted by Crippen LogP contribution is -2.62. The van der Waals surface area contributed by atoms with Crippen LogP contribution in [0.1, 0.15) is 64.7 Å². The maximum Gasteiger partial charge on any atom is 0.308 e. The van der Waals surface area contributed by atoms with E-state index in [2.05, 4.69) is 10.6 Å². The topological polar surface area (TPSA) is 87.7 Å². The van der Waals surface area contributed by atoms with Crippen LogP contribution in [0.3, 0.4) is 0 Å². The Morgan fingerprint density at radius 1 is 1.20 bits per heavy atom. The van der Waals surface area contributed by atoms with E-state index in [9.17, 15) is 14.4 Å². The maximum atomic E-state index is 13.3. The fourth-order valence-electron chi connectivity index (χ4n) is 6.40. The van der Waals surface area contributed by atoms with E-state index in [1.165, 1.54) is 19.3 Å². The Morgan fingerprint density at radius 3 is 2.43 bits per heavy atom. The average molecular weight is 436 g/mol. The average Bonchev–Trinajstić information content (AvgIpc) is 2.68. The van der Waals surface area contributed by atoms with Crippen molar-refractivity contribution in [2.75, 3.05) is 19.7 Å². The van der Waals surface area contributed by atoms with Gasteiger partial charge >= 0.3 is 5.97 Å². The highest BCUT2D eigenvalue weighted by Crippen LogP contribution is 2.60. The fourth-order valence-corrected chi connectivity index (χ4v) is 6.71. The Bertz CT molecular complexity index is 690. The van der Waals surface area contributed by atoms with Crippen molar-refractivity contribution in [3.63, 3.8) is 0 Å². The summed E-state index contributed by atoms with van der Waals surface area (Å²) in [7, 11) is 0. The molecule has 0 spiro atoms. The number of unbranched alkanes of at least 4 members (excludes halogenated alkanes) is 1. The fraction of sp³-hybridized carbons (Fsp3) is 0.818. The summed E-state index contributed by atoms with van der Waals surface area (Å²) in [6, 6.07) is -0.739. The van der Waals surface area contributed by atoms with Gasteiger partial charge in [0.15, 0.2) is 5.11 Å². The molecule has 5 fully saturated rings. The summed E-state index contributed by atoms with van der Waals surface area (Å²) in [6.45, 7) is 3.29. The molecule has 2 amide bonds. The second kappa shape index (κ2) is 8.81. The van der Waals surface area contributed by atoms with Crippen molar-refractivity contribution in [1.29, 1.82) is 0 Å². The number of thiocarbonyl (C=S) groups is 1. The number of hydrogen-bond acceptors (Lipinski definition) is 5. The van der Waals surface area contributed by atoms with Crippen molar-refractivity contribution in [1.82, 2.24) is 15.5 Å². The van der Waals surface area contributed by atoms with E-state index >= 15 is 0 Å². The van der Waals surface area contributed by atoms with E-state index < -0.39 is 12.0 Å². The number of nitrogens with one attached hydrogen (secondary N) is 2. The highest BCUT2D eigenvalue weighted by Gasteiger charge is 2.55. The molecule has 8 heteroatoms. The molecule has 0 aromatic heterocycles. The molecule has 4 saturated carbocycles. The molecule has 0 radical (unpaired) electrons. The van der Waals surface area contributed by atoms with Gasteiger partial charge in [-0.25, -0.2) is 0 Å². The normalized spacial score (nSPS) is 34.4. The highest BCUT2D eigenvalue weighted by molar-refractivity contribution is 7.80. The van der Waals surface area contributed by atoms with Gasteiger partial charge in [-0.3, -0.25) is 14.4 Å². The summed E-state index contributed by atoms with van der Waals surface area (Å²) in [5, 5.41) is 6.02. The lowest BCUT2D eigenvalue weighted by molar-refractivity contribution is -0.147. The smallest absolute Gasteiger partial charge is 0.308 e. The predicted molar refractivity (Wildman–Crippen MR) is 115 cm³/mol. The first-order valence-electron chi connectivity index (χ1n) is 11.5. The van der Waals surface area contributed by atoms with E-state index in [4.69, 9.17) is 17.0 Å². The van der Waals surface area contributed by atoms with Crippen LogP contribution in [0.4, 0.5) is 0 Å². The van der Waals surface area contributed by atoms with Gasteiger partial charge < -0.3 is 20.3 Å². The number of carbonyl (C=O) groups is 3. The number of esters is 1. The molecule has 166 valence electrons. The number of hydrogen-bond donors (Lipinski definition) is 2. The molecule has 1 atom stereocenters. The molecule has 1 aliphatic heterocycles. The molecule has 0 aromatic carbocycles. The third-order valence-electron chi connectivity index (χ3n) is 7.45. The standard InChI is InChI=1S/C22H33N3O4S/c1-2-3-6-29-18(26)10-17-19(27)23-4-5-25(17)21(30)24-20(28)22-11-14-7-15(12-22)9-16(8-14)13-22/h14-17H,2-13H2,1H3,(H,23,27)(H,24,28,30). The minimum Gasteiger partial charge on any atom is -0.466 e. The number of nitrogens with zero attached hydrogens (tertiary/aromatic N) is 1. The van der Waals surface area contributed by atoms with Crippen molar-refractivity contribution in [2.24, 2.45) is 23.2 Å². The van der Waals surface area contributed by atoms with Gasteiger partial charge in [0.2, 0.25) is 11.8 Å². The van der Waals surface area contributed by atoms with Gasteiger partial charge in [0.05, 0.1) is 18.4 Å². The zero-order valence-electron chi connectivity index (χ0n) is 17.8. The number of ether oxygens (including phenoxy) is 1. The first-order valence-corrected chi connectivity index (χ1v) is 11.9. The van der Waals surface area contributed by atoms with Gasteiger partial charge in [0.1, 0.15) is 6.04 Å². The highest BCUT2D eigenvalue weighted by atomic mass is 32.1. The number of piperazine rings is 1. The number of rotatable bonds is 6. The van der Waals surface area contributed by atoms with Gasteiger partial charge in [-0.2, -0.15) is 0 Å². The summed E-state index contributed by atoms with van der Waals surface area (Å²) in [6.07, 6.45) is 8.35. The van der Waals surface area contributed by atoms with Crippen molar-refractivity contribution in [3.05, 3.63) is 0 Å². The minimum absolute atomic E-state index is 0.0156. The van der Waals surface area contributed by atoms with Crippen LogP contribution < -0.4 is 10.6 Å². The molecule has 5 rings (SSSR count). The van der Waals surface area contributed by atoms with Crippen molar-refractivity contribution < 1.29 is 19.1 Å². The first kappa shape index (κ1) is 21.5. The van der Waals surface area contributed by atoms with E-state index in [0.29, 0.717) is 37.5 Å². The van der Waals surface area contributed by atoms with Crippen LogP contribution in [-0.4, -0.2) is 53.5 Å². The molecule has 4 bridgehead atoms. The Morgan fingerprint density at radius 2 is 1.83 bits per heavy atom. The summed E-state index contributed by atoms with van der Waals surface area (Å²) >= 11 is 5.56. The third-order valence-corrected chi connectivity index (χ3v) is 7.79. The predicted octanol–water partition coefficient (Wildman–Crippen LogP) is 2.14. The second-order valence-corrected chi connectivity index (χ2v) is 10.1. The lowest BCUT2D eigenvalue weighted by atomic mass is 9.49. The largest absolute Gasteiger partial charge is 0.466 e. The van der Waals surface area contributed by atoms with E-state index in [0.717, 1.165) is 32.1 Å². The lowest BCUT2D eigenvalue weighted by Gasteiger charge is -2.55. The summed E-state index contributed by atoms with van der Waals surface area (Å²) in [4.78, 5) is 39.6. The third kappa shape index (κ3) is 4.34. The van der Waals surface area contributed by atoms with E-state index in [1.807, 2.05) is 6.92 Å². The number of amides is 2. The van der Waals surface area contributed by atoms with Crippen LogP contribution in [0.25, 0.3) is 0 Å². The van der Waals surface area contributed by atoms with E-state index in [1.54, 1.807) is 4.90 Å². The monoisotopic (exact) mass is 435 g/mol. The van der Waals surface area contributed by atoms with Crippen LogP contribution >= 0.6 is 12.2 Å². The van der Waals surface area contributed by atoms with Gasteiger partial charge in [0.25, 0.3) is 0 Å². The number of carbonyl (C=O) groups excluding carboxylic acids is 3. The Balaban J connectivity index is 1.39. The molecule has 1 unspecified atom stereocenters. The van der Waals surface area contributed by atoms with Crippen LogP contribution in [0.2, 0.25) is 0 Å². The summed E-state index contributed by atoms with van der Waals surface area (Å²) < 4.78 is 5.23. The zero-order chi connectivity index (χ0) is 21.3. The summed E-state index contributed by atoms with van der Waals surface area (Å²) in [5.74, 6) is 1.36. The molecule has 7 nitrogen and oxygen atoms in total. The minimum atomic E-state index is -0.739. The van der Waals surface area contributed by atoms with Gasteiger partial charge in [-0.05, 0) is 74.9 Å². The Hall–Kier alpha value is -1.70. The zero-order valence-corrected chi connectivity index (χ0v) is 18.6. The Kier molecular flexibility index (Phi) is 6.32. The van der Waals surface area contributed by atoms with Crippen LogP contribution in [0.15, 0.2) is 0 Å². The first-order chi connectivity index (χ1) is 14.4. The van der Waals surface area contributed by atoms with E-state index in [-0.39, 0.29) is 28.8 Å². The summed E-state index contributed by atoms with van der Waals surface area (Å²) in [5.41, 5.74) is -0.300. The molecule has 5 aliphatic rings. The van der Waals surface area contributed by atoms with Crippen molar-refractivity contribution >= 4 is 35.1 Å². The quantitative estimate of drug-likeness (QED) is 0.378. The van der Waals surface area contributed by atoms with Crippen molar-refractivity contribution in [3.8, 4) is 0 Å². The SMILES string of the molecule is CCCCOC(=O)CC1C(=O)NCCN1C(=S)NC(=O)C12CC3CC(CC(C3)C1)C2. The van der Waals surface area contributed by atoms with Crippen LogP contribution in [-0.2, 0) is 19.1 Å². The second-order valence-electron chi connectivity index (χ2n) is 9.74. The molecule has 0 aromatic rings. The maximum absolute atomic E-state index is 13.3. The Labute approximate surface area is 183 Å². The van der Waals surface area contributed by atoms with Crippen molar-refractivity contribution in [2.45, 2.75) is 70.8 Å². The van der Waals surface area contributed by atoms with Gasteiger partial charge in [-0.15, -0.1) is 0 Å².